The van der Waals surface area contributed by atoms with Crippen molar-refractivity contribution in [3.63, 3.8) is 0 Å². The smallest absolute Gasteiger partial charge is 0.407 e. The van der Waals surface area contributed by atoms with Crippen LogP contribution >= 0.6 is 0 Å². The Kier molecular flexibility index (Phi) is 6.92. The molecule has 0 aromatic heterocycles. The van der Waals surface area contributed by atoms with Gasteiger partial charge in [-0.15, -0.1) is 0 Å². The van der Waals surface area contributed by atoms with Gasteiger partial charge in [-0.05, 0) is 38.8 Å². The van der Waals surface area contributed by atoms with Crippen LogP contribution in [-0.4, -0.2) is 30.5 Å². The van der Waals surface area contributed by atoms with Crippen LogP contribution in [0, 0.1) is 0 Å². The second kappa shape index (κ2) is 8.44. The molecule has 1 aromatic carbocycles. The molecule has 0 spiro atoms. The van der Waals surface area contributed by atoms with Crippen molar-refractivity contribution in [1.82, 2.24) is 5.32 Å². The second-order valence-corrected chi connectivity index (χ2v) is 5.85. The zero-order valence-electron chi connectivity index (χ0n) is 13.7. The van der Waals surface area contributed by atoms with Crippen LogP contribution < -0.4 is 10.1 Å². The van der Waals surface area contributed by atoms with Crippen LogP contribution in [0.25, 0.3) is 6.08 Å². The molecule has 5 heteroatoms. The van der Waals surface area contributed by atoms with Gasteiger partial charge in [0.25, 0.3) is 0 Å². The third kappa shape index (κ3) is 6.63. The van der Waals surface area contributed by atoms with Gasteiger partial charge in [0.1, 0.15) is 11.4 Å². The first-order chi connectivity index (χ1) is 10.4. The highest BCUT2D eigenvalue weighted by Crippen LogP contribution is 2.20. The van der Waals surface area contributed by atoms with Crippen LogP contribution in [0.15, 0.2) is 24.3 Å². The molecule has 0 atom stereocenters. The van der Waals surface area contributed by atoms with E-state index in [2.05, 4.69) is 5.32 Å². The number of aliphatic hydroxyl groups is 1. The van der Waals surface area contributed by atoms with Gasteiger partial charge in [-0.3, -0.25) is 0 Å². The molecule has 1 amide bonds. The van der Waals surface area contributed by atoms with Crippen molar-refractivity contribution >= 4 is 12.2 Å². The fourth-order valence-electron chi connectivity index (χ4n) is 1.79. The molecule has 0 unspecified atom stereocenters. The van der Waals surface area contributed by atoms with Gasteiger partial charge in [-0.25, -0.2) is 4.79 Å². The van der Waals surface area contributed by atoms with Crippen LogP contribution in [0.2, 0.25) is 0 Å². The number of ether oxygens (including phenoxy) is 2. The first-order valence-corrected chi connectivity index (χ1v) is 7.27. The summed E-state index contributed by atoms with van der Waals surface area (Å²) in [4.78, 5) is 11.4. The quantitative estimate of drug-likeness (QED) is 0.792. The Morgan fingerprint density at radius 3 is 2.68 bits per heavy atom. The lowest BCUT2D eigenvalue weighted by Crippen LogP contribution is -2.32. The number of alkyl carbamates (subject to hydrolysis) is 1. The van der Waals surface area contributed by atoms with E-state index >= 15 is 0 Å². The number of hydrogen-bond acceptors (Lipinski definition) is 4. The highest BCUT2D eigenvalue weighted by molar-refractivity contribution is 5.67. The molecule has 0 bridgehead atoms. The van der Waals surface area contributed by atoms with E-state index in [1.54, 1.807) is 7.11 Å². The lowest BCUT2D eigenvalue weighted by molar-refractivity contribution is 0.0529. The lowest BCUT2D eigenvalue weighted by Gasteiger charge is -2.19. The third-order valence-corrected chi connectivity index (χ3v) is 2.77. The van der Waals surface area contributed by atoms with Gasteiger partial charge in [-0.2, -0.15) is 0 Å². The van der Waals surface area contributed by atoms with E-state index in [-0.39, 0.29) is 6.61 Å². The number of methoxy groups -OCH3 is 1. The predicted molar refractivity (Wildman–Crippen MR) is 86.8 cm³/mol. The van der Waals surface area contributed by atoms with Crippen LogP contribution in [0.5, 0.6) is 5.75 Å². The monoisotopic (exact) mass is 307 g/mol. The van der Waals surface area contributed by atoms with E-state index in [0.717, 1.165) is 11.1 Å². The summed E-state index contributed by atoms with van der Waals surface area (Å²) in [6.07, 6.45) is 4.20. The van der Waals surface area contributed by atoms with E-state index in [0.29, 0.717) is 18.7 Å². The number of benzene rings is 1. The van der Waals surface area contributed by atoms with Crippen molar-refractivity contribution < 1.29 is 19.4 Å². The fraction of sp³-hybridized carbons (Fsp3) is 0.471. The maximum Gasteiger partial charge on any atom is 0.407 e. The predicted octanol–water partition coefficient (Wildman–Crippen LogP) is 3.12. The number of amides is 1. The minimum Gasteiger partial charge on any atom is -0.496 e. The van der Waals surface area contributed by atoms with Gasteiger partial charge >= 0.3 is 6.09 Å². The number of carbonyl (C=O) groups excluding carboxylic acids is 1. The second-order valence-electron chi connectivity index (χ2n) is 5.85. The van der Waals surface area contributed by atoms with Crippen molar-refractivity contribution in [3.05, 3.63) is 35.4 Å². The molecule has 0 saturated heterocycles. The topological polar surface area (TPSA) is 67.8 Å². The fourth-order valence-corrected chi connectivity index (χ4v) is 1.79. The molecule has 0 aliphatic heterocycles. The molecule has 1 rings (SSSR count). The molecule has 22 heavy (non-hydrogen) atoms. The molecule has 0 saturated carbocycles. The Morgan fingerprint density at radius 1 is 1.36 bits per heavy atom. The molecule has 0 heterocycles. The first-order valence-electron chi connectivity index (χ1n) is 7.27. The van der Waals surface area contributed by atoms with E-state index in [1.807, 2.05) is 51.1 Å². The van der Waals surface area contributed by atoms with Crippen molar-refractivity contribution in [2.24, 2.45) is 0 Å². The molecule has 0 aliphatic carbocycles. The zero-order valence-corrected chi connectivity index (χ0v) is 13.7. The Labute approximate surface area is 131 Å². The molecular weight excluding hydrogens is 282 g/mol. The summed E-state index contributed by atoms with van der Waals surface area (Å²) in [5.74, 6) is 0.663. The van der Waals surface area contributed by atoms with Gasteiger partial charge < -0.3 is 19.9 Å². The van der Waals surface area contributed by atoms with Crippen LogP contribution in [-0.2, 0) is 11.3 Å². The summed E-state index contributed by atoms with van der Waals surface area (Å²) < 4.78 is 10.4. The molecule has 1 aromatic rings. The normalized spacial score (nSPS) is 11.5. The summed E-state index contributed by atoms with van der Waals surface area (Å²) in [6, 6.07) is 5.60. The van der Waals surface area contributed by atoms with Gasteiger partial charge in [-0.1, -0.05) is 24.3 Å². The molecule has 2 N–H and O–H groups in total. The van der Waals surface area contributed by atoms with Crippen LogP contribution in [0.3, 0.4) is 0 Å². The lowest BCUT2D eigenvalue weighted by atomic mass is 10.1. The largest absolute Gasteiger partial charge is 0.496 e. The minimum absolute atomic E-state index is 0.0486. The summed E-state index contributed by atoms with van der Waals surface area (Å²) in [7, 11) is 1.58. The Balaban J connectivity index is 2.42. The number of carbonyl (C=O) groups is 1. The van der Waals surface area contributed by atoms with Gasteiger partial charge in [0.05, 0.1) is 13.7 Å². The minimum atomic E-state index is -0.481. The number of nitrogens with one attached hydrogen (secondary N) is 1. The third-order valence-electron chi connectivity index (χ3n) is 2.77. The zero-order chi connectivity index (χ0) is 16.6. The highest BCUT2D eigenvalue weighted by Gasteiger charge is 2.15. The summed E-state index contributed by atoms with van der Waals surface area (Å²) in [5.41, 5.74) is 1.25. The van der Waals surface area contributed by atoms with Crippen molar-refractivity contribution in [2.75, 3.05) is 13.7 Å². The number of rotatable bonds is 6. The van der Waals surface area contributed by atoms with Gasteiger partial charge in [0, 0.05) is 12.1 Å². The van der Waals surface area contributed by atoms with Gasteiger partial charge in [0.15, 0.2) is 0 Å². The molecule has 122 valence electrons. The van der Waals surface area contributed by atoms with E-state index in [4.69, 9.17) is 14.6 Å². The summed E-state index contributed by atoms with van der Waals surface area (Å²) in [5, 5.41) is 11.9. The Bertz CT molecular complexity index is 518. The number of hydrogen-bond donors (Lipinski definition) is 2. The molecule has 0 aliphatic rings. The first kappa shape index (κ1) is 18.0. The summed E-state index contributed by atoms with van der Waals surface area (Å²) in [6.45, 7) is 5.95. The molecule has 0 fully saturated rings. The van der Waals surface area contributed by atoms with Crippen molar-refractivity contribution in [3.8, 4) is 5.75 Å². The molecule has 0 radical (unpaired) electrons. The molecule has 5 nitrogen and oxygen atoms in total. The standard InChI is InChI=1S/C17H25NO4/c1-17(2,3)22-16(20)18-10-6-5-7-13-8-9-14(12-19)15(11-13)21-4/h5,7-9,11,19H,6,10,12H2,1-4H3,(H,18,20). The van der Waals surface area contributed by atoms with Crippen LogP contribution in [0.4, 0.5) is 4.79 Å². The SMILES string of the molecule is COc1cc(C=CCCNC(=O)OC(C)(C)C)ccc1CO. The van der Waals surface area contributed by atoms with E-state index < -0.39 is 11.7 Å². The summed E-state index contributed by atoms with van der Waals surface area (Å²) >= 11 is 0. The maximum atomic E-state index is 11.4. The number of aliphatic hydroxyl groups excluding tert-OH is 1. The average Bonchev–Trinajstić information content (AvgIpc) is 2.44. The molecular formula is C17H25NO4. The van der Waals surface area contributed by atoms with E-state index in [1.165, 1.54) is 0 Å². The highest BCUT2D eigenvalue weighted by atomic mass is 16.6. The van der Waals surface area contributed by atoms with Gasteiger partial charge in [0.2, 0.25) is 0 Å². The van der Waals surface area contributed by atoms with E-state index in [9.17, 15) is 4.79 Å². The van der Waals surface area contributed by atoms with Crippen molar-refractivity contribution in [2.45, 2.75) is 39.4 Å². The Morgan fingerprint density at radius 2 is 2.09 bits per heavy atom. The average molecular weight is 307 g/mol. The maximum absolute atomic E-state index is 11.4. The Hall–Kier alpha value is -2.01. The van der Waals surface area contributed by atoms with Crippen molar-refractivity contribution in [1.29, 1.82) is 0 Å². The van der Waals surface area contributed by atoms with Crippen LogP contribution in [0.1, 0.15) is 38.3 Å².